The summed E-state index contributed by atoms with van der Waals surface area (Å²) in [4.78, 5) is 23.9. The molecule has 2 rings (SSSR count). The number of hydrogen-bond acceptors (Lipinski definition) is 4. The van der Waals surface area contributed by atoms with Crippen molar-refractivity contribution in [1.29, 1.82) is 0 Å². The van der Waals surface area contributed by atoms with Crippen molar-refractivity contribution in [3.8, 4) is 0 Å². The van der Waals surface area contributed by atoms with Gasteiger partial charge in [-0.2, -0.15) is 4.31 Å². The third-order valence-electron chi connectivity index (χ3n) is 4.53. The normalized spacial score (nSPS) is 17.8. The number of carbonyl (C=O) groups excluding carboxylic acids is 2. The first-order valence-electron chi connectivity index (χ1n) is 9.04. The lowest BCUT2D eigenvalue weighted by Crippen LogP contribution is -2.50. The number of hydrogen-bond donors (Lipinski definition) is 2. The van der Waals surface area contributed by atoms with Gasteiger partial charge in [0.05, 0.1) is 4.90 Å². The number of amides is 2. The molecule has 1 heterocycles. The van der Waals surface area contributed by atoms with E-state index in [0.717, 1.165) is 12.0 Å². The van der Waals surface area contributed by atoms with Gasteiger partial charge in [-0.05, 0) is 37.0 Å². The number of rotatable bonds is 8. The lowest BCUT2D eigenvalue weighted by atomic mass is 10.1. The summed E-state index contributed by atoms with van der Waals surface area (Å²) in [7, 11) is -3.46. The summed E-state index contributed by atoms with van der Waals surface area (Å²) >= 11 is 0. The molecule has 1 fully saturated rings. The van der Waals surface area contributed by atoms with Gasteiger partial charge < -0.3 is 10.6 Å². The number of carbonyl (C=O) groups is 2. The highest BCUT2D eigenvalue weighted by Gasteiger charge is 2.23. The Morgan fingerprint density at radius 1 is 1.23 bits per heavy atom. The summed E-state index contributed by atoms with van der Waals surface area (Å²) in [6.07, 6.45) is 2.27. The molecule has 1 saturated heterocycles. The van der Waals surface area contributed by atoms with E-state index < -0.39 is 16.1 Å². The molecule has 2 amide bonds. The van der Waals surface area contributed by atoms with Crippen molar-refractivity contribution in [1.82, 2.24) is 14.9 Å². The molecule has 0 radical (unpaired) electrons. The Kier molecular flexibility index (Phi) is 7.16. The zero-order valence-electron chi connectivity index (χ0n) is 15.3. The Bertz CT molecular complexity index is 727. The van der Waals surface area contributed by atoms with Crippen molar-refractivity contribution in [2.45, 2.75) is 50.5 Å². The molecule has 0 aliphatic carbocycles. The van der Waals surface area contributed by atoms with Crippen molar-refractivity contribution >= 4 is 21.8 Å². The van der Waals surface area contributed by atoms with Crippen molar-refractivity contribution < 1.29 is 18.0 Å². The third-order valence-corrected chi connectivity index (χ3v) is 6.59. The van der Waals surface area contributed by atoms with E-state index in [-0.39, 0.29) is 23.1 Å². The van der Waals surface area contributed by atoms with Crippen molar-refractivity contribution in [2.24, 2.45) is 0 Å². The fourth-order valence-electron chi connectivity index (χ4n) is 2.97. The number of nitrogens with one attached hydrogen (secondary N) is 2. The standard InChI is InChI=1S/C18H27N3O4S/c1-3-21(4-2)26(24,25)15-10-7-14(8-11-15)9-12-17(22)20-16-6-5-13-19-18(16)23/h7-8,10-11,16H,3-6,9,12-13H2,1-2H3,(H,19,23)(H,20,22). The van der Waals surface area contributed by atoms with Gasteiger partial charge in [-0.1, -0.05) is 26.0 Å². The Hall–Kier alpha value is -1.93. The van der Waals surface area contributed by atoms with E-state index in [4.69, 9.17) is 0 Å². The van der Waals surface area contributed by atoms with Gasteiger partial charge in [0.2, 0.25) is 21.8 Å². The average Bonchev–Trinajstić information content (AvgIpc) is 2.63. The van der Waals surface area contributed by atoms with Crippen LogP contribution in [0, 0.1) is 0 Å². The molecular weight excluding hydrogens is 354 g/mol. The van der Waals surface area contributed by atoms with Gasteiger partial charge in [0.15, 0.2) is 0 Å². The van der Waals surface area contributed by atoms with Crippen LogP contribution >= 0.6 is 0 Å². The molecule has 0 spiro atoms. The molecule has 1 aromatic rings. The molecule has 1 atom stereocenters. The fourth-order valence-corrected chi connectivity index (χ4v) is 4.43. The molecule has 8 heteroatoms. The van der Waals surface area contributed by atoms with Gasteiger partial charge in [-0.25, -0.2) is 8.42 Å². The number of sulfonamides is 1. The number of aryl methyl sites for hydroxylation is 1. The first-order valence-corrected chi connectivity index (χ1v) is 10.5. The predicted molar refractivity (Wildman–Crippen MR) is 99.0 cm³/mol. The molecular formula is C18H27N3O4S. The molecule has 1 aromatic carbocycles. The minimum atomic E-state index is -3.46. The first-order chi connectivity index (χ1) is 12.4. The molecule has 2 N–H and O–H groups in total. The minimum Gasteiger partial charge on any atom is -0.354 e. The molecule has 0 saturated carbocycles. The maximum Gasteiger partial charge on any atom is 0.243 e. The quantitative estimate of drug-likeness (QED) is 0.703. The highest BCUT2D eigenvalue weighted by Crippen LogP contribution is 2.17. The van der Waals surface area contributed by atoms with Crippen molar-refractivity contribution in [2.75, 3.05) is 19.6 Å². The van der Waals surface area contributed by atoms with Gasteiger partial charge in [0.25, 0.3) is 0 Å². The van der Waals surface area contributed by atoms with Crippen LogP contribution in [0.4, 0.5) is 0 Å². The van der Waals surface area contributed by atoms with E-state index in [0.29, 0.717) is 32.5 Å². The van der Waals surface area contributed by atoms with Gasteiger partial charge >= 0.3 is 0 Å². The van der Waals surface area contributed by atoms with E-state index in [1.54, 1.807) is 38.1 Å². The molecule has 26 heavy (non-hydrogen) atoms. The number of benzene rings is 1. The lowest BCUT2D eigenvalue weighted by molar-refractivity contribution is -0.130. The maximum absolute atomic E-state index is 12.4. The van der Waals surface area contributed by atoms with Crippen LogP contribution < -0.4 is 10.6 Å². The van der Waals surface area contributed by atoms with E-state index in [2.05, 4.69) is 10.6 Å². The zero-order valence-corrected chi connectivity index (χ0v) is 16.1. The van der Waals surface area contributed by atoms with Crippen LogP contribution in [0.5, 0.6) is 0 Å². The Labute approximate surface area is 155 Å². The fraction of sp³-hybridized carbons (Fsp3) is 0.556. The summed E-state index contributed by atoms with van der Waals surface area (Å²) in [6, 6.07) is 6.18. The largest absolute Gasteiger partial charge is 0.354 e. The van der Waals surface area contributed by atoms with E-state index in [9.17, 15) is 18.0 Å². The topological polar surface area (TPSA) is 95.6 Å². The third kappa shape index (κ3) is 5.04. The molecule has 1 aliphatic rings. The summed E-state index contributed by atoms with van der Waals surface area (Å²) < 4.78 is 26.3. The summed E-state index contributed by atoms with van der Waals surface area (Å²) in [5.74, 6) is -0.303. The monoisotopic (exact) mass is 381 g/mol. The van der Waals surface area contributed by atoms with Crippen LogP contribution in [0.2, 0.25) is 0 Å². The molecule has 0 bridgehead atoms. The second-order valence-electron chi connectivity index (χ2n) is 6.29. The zero-order chi connectivity index (χ0) is 19.2. The first kappa shape index (κ1) is 20.4. The second-order valence-corrected chi connectivity index (χ2v) is 8.22. The second kappa shape index (κ2) is 9.14. The van der Waals surface area contributed by atoms with Gasteiger partial charge in [0, 0.05) is 26.1 Å². The summed E-state index contributed by atoms with van der Waals surface area (Å²) in [6.45, 7) is 5.13. The molecule has 144 valence electrons. The Morgan fingerprint density at radius 3 is 2.46 bits per heavy atom. The van der Waals surface area contributed by atoms with Crippen LogP contribution in [0.15, 0.2) is 29.2 Å². The van der Waals surface area contributed by atoms with Gasteiger partial charge in [-0.15, -0.1) is 0 Å². The molecule has 0 aromatic heterocycles. The molecule has 1 aliphatic heterocycles. The lowest BCUT2D eigenvalue weighted by Gasteiger charge is -2.22. The van der Waals surface area contributed by atoms with Crippen LogP contribution in [-0.2, 0) is 26.0 Å². The number of piperidine rings is 1. The van der Waals surface area contributed by atoms with E-state index >= 15 is 0 Å². The highest BCUT2D eigenvalue weighted by atomic mass is 32.2. The highest BCUT2D eigenvalue weighted by molar-refractivity contribution is 7.89. The Morgan fingerprint density at radius 2 is 1.88 bits per heavy atom. The Balaban J connectivity index is 1.91. The SMILES string of the molecule is CCN(CC)S(=O)(=O)c1ccc(CCC(=O)NC2CCCNC2=O)cc1. The minimum absolute atomic E-state index is 0.129. The smallest absolute Gasteiger partial charge is 0.243 e. The van der Waals surface area contributed by atoms with Crippen molar-refractivity contribution in [3.63, 3.8) is 0 Å². The molecule has 1 unspecified atom stereocenters. The van der Waals surface area contributed by atoms with Gasteiger partial charge in [-0.3, -0.25) is 9.59 Å². The van der Waals surface area contributed by atoms with Crippen LogP contribution in [0.1, 0.15) is 38.7 Å². The van der Waals surface area contributed by atoms with E-state index in [1.165, 1.54) is 4.31 Å². The predicted octanol–water partition coefficient (Wildman–Crippen LogP) is 1.04. The molecule has 7 nitrogen and oxygen atoms in total. The van der Waals surface area contributed by atoms with Crippen LogP contribution in [0.3, 0.4) is 0 Å². The van der Waals surface area contributed by atoms with Crippen molar-refractivity contribution in [3.05, 3.63) is 29.8 Å². The van der Waals surface area contributed by atoms with Crippen LogP contribution in [-0.4, -0.2) is 50.2 Å². The average molecular weight is 381 g/mol. The van der Waals surface area contributed by atoms with E-state index in [1.807, 2.05) is 0 Å². The van der Waals surface area contributed by atoms with Gasteiger partial charge in [0.1, 0.15) is 6.04 Å². The summed E-state index contributed by atoms with van der Waals surface area (Å²) in [5.41, 5.74) is 0.881. The number of nitrogens with zero attached hydrogens (tertiary/aromatic N) is 1. The van der Waals surface area contributed by atoms with Crippen LogP contribution in [0.25, 0.3) is 0 Å². The summed E-state index contributed by atoms with van der Waals surface area (Å²) in [5, 5.41) is 5.49. The maximum atomic E-state index is 12.4.